The van der Waals surface area contributed by atoms with Crippen LogP contribution in [0.25, 0.3) is 11.1 Å². The molecule has 0 saturated carbocycles. The molecular formula is C28H34N2O5. The van der Waals surface area contributed by atoms with E-state index in [0.717, 1.165) is 30.4 Å². The molecule has 7 heteroatoms. The summed E-state index contributed by atoms with van der Waals surface area (Å²) < 4.78 is 5.66. The smallest absolute Gasteiger partial charge is 0.407 e. The zero-order valence-corrected chi connectivity index (χ0v) is 20.2. The van der Waals surface area contributed by atoms with Crippen LogP contribution in [0.2, 0.25) is 0 Å². The first-order chi connectivity index (χ1) is 17.0. The zero-order valence-electron chi connectivity index (χ0n) is 20.2. The van der Waals surface area contributed by atoms with Crippen molar-refractivity contribution in [3.05, 3.63) is 59.7 Å². The van der Waals surface area contributed by atoms with Crippen molar-refractivity contribution in [2.24, 2.45) is 0 Å². The minimum Gasteiger partial charge on any atom is -0.481 e. The van der Waals surface area contributed by atoms with Gasteiger partial charge in [0.1, 0.15) is 6.61 Å². The molecule has 2 amide bonds. The van der Waals surface area contributed by atoms with Gasteiger partial charge in [-0.3, -0.25) is 9.59 Å². The van der Waals surface area contributed by atoms with E-state index in [0.29, 0.717) is 19.4 Å². The van der Waals surface area contributed by atoms with E-state index in [1.807, 2.05) is 31.2 Å². The Morgan fingerprint density at radius 3 is 2.34 bits per heavy atom. The number of ether oxygens (including phenoxy) is 1. The quantitative estimate of drug-likeness (QED) is 0.532. The third-order valence-electron chi connectivity index (χ3n) is 7.08. The minimum absolute atomic E-state index is 0.0236. The van der Waals surface area contributed by atoms with Gasteiger partial charge in [0, 0.05) is 31.0 Å². The van der Waals surface area contributed by atoms with Crippen LogP contribution in [0.5, 0.6) is 0 Å². The van der Waals surface area contributed by atoms with E-state index in [2.05, 4.69) is 29.6 Å². The minimum atomic E-state index is -0.892. The molecule has 1 aliphatic carbocycles. The predicted molar refractivity (Wildman–Crippen MR) is 133 cm³/mol. The van der Waals surface area contributed by atoms with Crippen molar-refractivity contribution in [1.82, 2.24) is 10.2 Å². The molecule has 0 bridgehead atoms. The van der Waals surface area contributed by atoms with Crippen molar-refractivity contribution in [2.45, 2.75) is 69.9 Å². The number of alkyl carbamates (subject to hydrolysis) is 1. The fourth-order valence-electron chi connectivity index (χ4n) is 5.45. The first-order valence-electron chi connectivity index (χ1n) is 12.6. The Kier molecular flexibility index (Phi) is 8.06. The molecule has 2 aromatic carbocycles. The van der Waals surface area contributed by atoms with Crippen molar-refractivity contribution in [3.8, 4) is 11.1 Å². The number of amides is 2. The lowest BCUT2D eigenvalue weighted by Gasteiger charge is -2.36. The Morgan fingerprint density at radius 1 is 1.06 bits per heavy atom. The van der Waals surface area contributed by atoms with Crippen LogP contribution >= 0.6 is 0 Å². The van der Waals surface area contributed by atoms with Crippen LogP contribution in [0.4, 0.5) is 4.79 Å². The number of rotatable bonds is 9. The van der Waals surface area contributed by atoms with Gasteiger partial charge in [0.15, 0.2) is 0 Å². The van der Waals surface area contributed by atoms with Gasteiger partial charge in [-0.25, -0.2) is 4.79 Å². The number of carboxylic acids is 1. The summed E-state index contributed by atoms with van der Waals surface area (Å²) >= 11 is 0. The fraction of sp³-hybridized carbons (Fsp3) is 0.464. The maximum atomic E-state index is 13.0. The molecule has 1 heterocycles. The van der Waals surface area contributed by atoms with E-state index in [-0.39, 0.29) is 43.4 Å². The summed E-state index contributed by atoms with van der Waals surface area (Å²) in [5, 5.41) is 12.1. The van der Waals surface area contributed by atoms with Gasteiger partial charge in [0.25, 0.3) is 0 Å². The average Bonchev–Trinajstić information content (AvgIpc) is 3.16. The van der Waals surface area contributed by atoms with Gasteiger partial charge in [0.2, 0.25) is 5.91 Å². The molecular weight excluding hydrogens is 444 g/mol. The molecule has 1 fully saturated rings. The summed E-state index contributed by atoms with van der Waals surface area (Å²) in [4.78, 5) is 38.7. The SMILES string of the molecule is CCC[C@H](CC(=O)N1CCCCC1CC(=O)O)NC(=O)OCC1c2ccccc2-c2ccccc21. The Hall–Kier alpha value is -3.35. The van der Waals surface area contributed by atoms with Gasteiger partial charge in [-0.2, -0.15) is 0 Å². The van der Waals surface area contributed by atoms with Crippen molar-refractivity contribution < 1.29 is 24.2 Å². The van der Waals surface area contributed by atoms with Crippen LogP contribution < -0.4 is 5.32 Å². The summed E-state index contributed by atoms with van der Waals surface area (Å²) in [5.74, 6) is -1.02. The second-order valence-electron chi connectivity index (χ2n) is 9.49. The first-order valence-corrected chi connectivity index (χ1v) is 12.6. The number of carbonyl (C=O) groups is 3. The lowest BCUT2D eigenvalue weighted by molar-refractivity contribution is -0.142. The molecule has 0 aromatic heterocycles. The van der Waals surface area contributed by atoms with E-state index in [9.17, 15) is 19.5 Å². The molecule has 2 atom stereocenters. The van der Waals surface area contributed by atoms with Crippen molar-refractivity contribution in [2.75, 3.05) is 13.2 Å². The molecule has 2 aromatic rings. The Labute approximate surface area is 206 Å². The summed E-state index contributed by atoms with van der Waals surface area (Å²) in [5.41, 5.74) is 4.64. The Morgan fingerprint density at radius 2 is 1.71 bits per heavy atom. The number of hydrogen-bond donors (Lipinski definition) is 2. The number of carboxylic acid groups (broad SMARTS) is 1. The number of carbonyl (C=O) groups excluding carboxylic acids is 2. The van der Waals surface area contributed by atoms with E-state index in [1.165, 1.54) is 11.1 Å². The Balaban J connectivity index is 1.36. The number of hydrogen-bond acceptors (Lipinski definition) is 4. The lowest BCUT2D eigenvalue weighted by Crippen LogP contribution is -2.47. The van der Waals surface area contributed by atoms with E-state index < -0.39 is 12.1 Å². The second kappa shape index (κ2) is 11.4. The normalized spacial score (nSPS) is 17.9. The topological polar surface area (TPSA) is 95.9 Å². The highest BCUT2D eigenvalue weighted by molar-refractivity contribution is 5.80. The van der Waals surface area contributed by atoms with Crippen LogP contribution in [-0.4, -0.2) is 53.2 Å². The predicted octanol–water partition coefficient (Wildman–Crippen LogP) is 4.94. The summed E-state index contributed by atoms with van der Waals surface area (Å²) in [6.45, 7) is 2.80. The van der Waals surface area contributed by atoms with Gasteiger partial charge in [-0.05, 0) is 47.9 Å². The van der Waals surface area contributed by atoms with Crippen LogP contribution in [0.15, 0.2) is 48.5 Å². The number of nitrogens with zero attached hydrogens (tertiary/aromatic N) is 1. The molecule has 2 aliphatic rings. The number of fused-ring (bicyclic) bond motifs is 3. The largest absolute Gasteiger partial charge is 0.481 e. The molecule has 0 radical (unpaired) electrons. The fourth-order valence-corrected chi connectivity index (χ4v) is 5.45. The highest BCUT2D eigenvalue weighted by atomic mass is 16.5. The molecule has 1 unspecified atom stereocenters. The van der Waals surface area contributed by atoms with Crippen molar-refractivity contribution in [1.29, 1.82) is 0 Å². The first kappa shape index (κ1) is 24.8. The van der Waals surface area contributed by atoms with Gasteiger partial charge in [-0.1, -0.05) is 61.9 Å². The summed E-state index contributed by atoms with van der Waals surface area (Å²) in [7, 11) is 0. The maximum absolute atomic E-state index is 13.0. The van der Waals surface area contributed by atoms with Crippen LogP contribution in [-0.2, 0) is 14.3 Å². The van der Waals surface area contributed by atoms with Crippen LogP contribution in [0, 0.1) is 0 Å². The molecule has 4 rings (SSSR count). The highest BCUT2D eigenvalue weighted by Crippen LogP contribution is 2.44. The van der Waals surface area contributed by atoms with Crippen LogP contribution in [0.1, 0.15) is 68.9 Å². The molecule has 7 nitrogen and oxygen atoms in total. The number of piperidine rings is 1. The third-order valence-corrected chi connectivity index (χ3v) is 7.08. The van der Waals surface area contributed by atoms with E-state index in [1.54, 1.807) is 4.90 Å². The Bertz CT molecular complexity index is 1020. The lowest BCUT2D eigenvalue weighted by atomic mass is 9.97. The number of likely N-dealkylation sites (tertiary alicyclic amines) is 1. The molecule has 35 heavy (non-hydrogen) atoms. The average molecular weight is 479 g/mol. The van der Waals surface area contributed by atoms with Gasteiger partial charge in [-0.15, -0.1) is 0 Å². The number of nitrogens with one attached hydrogen (secondary N) is 1. The van der Waals surface area contributed by atoms with E-state index in [4.69, 9.17) is 4.74 Å². The molecule has 1 saturated heterocycles. The number of aliphatic carboxylic acids is 1. The monoisotopic (exact) mass is 478 g/mol. The summed E-state index contributed by atoms with van der Waals surface area (Å²) in [6.07, 6.45) is 3.54. The van der Waals surface area contributed by atoms with E-state index >= 15 is 0 Å². The maximum Gasteiger partial charge on any atom is 0.407 e. The summed E-state index contributed by atoms with van der Waals surface area (Å²) in [6, 6.07) is 15.7. The zero-order chi connectivity index (χ0) is 24.8. The molecule has 2 N–H and O–H groups in total. The van der Waals surface area contributed by atoms with Gasteiger partial charge < -0.3 is 20.1 Å². The van der Waals surface area contributed by atoms with Gasteiger partial charge >= 0.3 is 12.1 Å². The van der Waals surface area contributed by atoms with Gasteiger partial charge in [0.05, 0.1) is 6.42 Å². The highest BCUT2D eigenvalue weighted by Gasteiger charge is 2.31. The molecule has 1 aliphatic heterocycles. The van der Waals surface area contributed by atoms with Crippen molar-refractivity contribution >= 4 is 18.0 Å². The van der Waals surface area contributed by atoms with Crippen molar-refractivity contribution in [3.63, 3.8) is 0 Å². The molecule has 0 spiro atoms. The number of benzene rings is 2. The second-order valence-corrected chi connectivity index (χ2v) is 9.49. The van der Waals surface area contributed by atoms with Crippen LogP contribution in [0.3, 0.4) is 0 Å². The standard InChI is InChI=1S/C28H34N2O5/c1-2-9-19(16-26(31)30-15-8-7-10-20(30)17-27(32)33)29-28(34)35-18-25-23-13-5-3-11-21(23)22-12-4-6-14-24(22)25/h3-6,11-14,19-20,25H,2,7-10,15-18H2,1H3,(H,29,34)(H,32,33)/t19-,20?/m1/s1. The third kappa shape index (κ3) is 5.84. The molecule has 186 valence electrons.